The third-order valence-electron chi connectivity index (χ3n) is 3.03. The molecule has 8 nitrogen and oxygen atoms in total. The normalized spacial score (nSPS) is 31.8. The maximum absolute atomic E-state index is 11.7. The Hall–Kier alpha value is -1.26. The van der Waals surface area contributed by atoms with Gasteiger partial charge in [-0.25, -0.2) is 9.36 Å². The molecule has 1 aliphatic heterocycles. The van der Waals surface area contributed by atoms with Gasteiger partial charge in [-0.1, -0.05) is 15.9 Å². The lowest BCUT2D eigenvalue weighted by atomic mass is 10.1. The van der Waals surface area contributed by atoms with Crippen LogP contribution in [0.15, 0.2) is 32.9 Å². The molecule has 0 spiro atoms. The Morgan fingerprint density at radius 3 is 2.70 bits per heavy atom. The van der Waals surface area contributed by atoms with Crippen molar-refractivity contribution >= 4 is 15.9 Å². The maximum Gasteiger partial charge on any atom is 0.330 e. The molecular weight excluding hydrogens is 336 g/mol. The number of aliphatic hydroxyl groups is 3. The number of nitrogens with one attached hydrogen (secondary N) is 1. The highest BCUT2D eigenvalue weighted by molar-refractivity contribution is 9.11. The van der Waals surface area contributed by atoms with E-state index in [4.69, 9.17) is 4.74 Å². The van der Waals surface area contributed by atoms with Crippen LogP contribution in [0.4, 0.5) is 0 Å². The van der Waals surface area contributed by atoms with Gasteiger partial charge in [-0.3, -0.25) is 4.79 Å². The van der Waals surface area contributed by atoms with Gasteiger partial charge in [-0.05, 0) is 11.1 Å². The van der Waals surface area contributed by atoms with E-state index in [1.807, 2.05) is 0 Å². The minimum atomic E-state index is -1.51. The number of hydrogen-bond acceptors (Lipinski definition) is 6. The summed E-state index contributed by atoms with van der Waals surface area (Å²) in [5.74, 6) is 0. The summed E-state index contributed by atoms with van der Waals surface area (Å²) < 4.78 is 5.92. The highest BCUT2D eigenvalue weighted by Crippen LogP contribution is 2.29. The number of aromatic amines is 1. The van der Waals surface area contributed by atoms with Gasteiger partial charge in [0.1, 0.15) is 24.4 Å². The van der Waals surface area contributed by atoms with Gasteiger partial charge >= 0.3 is 5.69 Å². The van der Waals surface area contributed by atoms with Crippen molar-refractivity contribution in [3.05, 3.63) is 44.2 Å². The quantitative estimate of drug-likeness (QED) is 0.522. The Labute approximate surface area is 121 Å². The first-order valence-electron chi connectivity index (χ1n) is 5.74. The van der Waals surface area contributed by atoms with Gasteiger partial charge in [0.15, 0.2) is 6.23 Å². The molecule has 0 saturated carbocycles. The van der Waals surface area contributed by atoms with E-state index in [9.17, 15) is 24.9 Å². The Kier molecular flexibility index (Phi) is 4.55. The van der Waals surface area contributed by atoms with E-state index in [-0.39, 0.29) is 0 Å². The van der Waals surface area contributed by atoms with Crippen LogP contribution in [-0.4, -0.2) is 49.3 Å². The summed E-state index contributed by atoms with van der Waals surface area (Å²) in [7, 11) is 0. The number of aliphatic hydroxyl groups excluding tert-OH is 3. The smallest absolute Gasteiger partial charge is 0.330 e. The van der Waals surface area contributed by atoms with Crippen LogP contribution in [0, 0.1) is 0 Å². The number of nitrogens with zero attached hydrogens (tertiary/aromatic N) is 1. The van der Waals surface area contributed by atoms with Crippen molar-refractivity contribution in [1.29, 1.82) is 0 Å². The van der Waals surface area contributed by atoms with E-state index in [1.165, 1.54) is 17.3 Å². The second-order valence-electron chi connectivity index (χ2n) is 4.27. The predicted octanol–water partition coefficient (Wildman–Crippen LogP) is -1.57. The first-order valence-corrected chi connectivity index (χ1v) is 6.65. The summed E-state index contributed by atoms with van der Waals surface area (Å²) in [5.41, 5.74) is -1.46. The fourth-order valence-electron chi connectivity index (χ4n) is 2.04. The number of rotatable bonds is 3. The van der Waals surface area contributed by atoms with Crippen molar-refractivity contribution in [2.45, 2.75) is 30.6 Å². The highest BCUT2D eigenvalue weighted by Gasteiger charge is 2.47. The van der Waals surface area contributed by atoms with Crippen LogP contribution in [0.3, 0.4) is 0 Å². The summed E-state index contributed by atoms with van der Waals surface area (Å²) in [4.78, 5) is 26.9. The van der Waals surface area contributed by atoms with Crippen LogP contribution in [0.5, 0.6) is 0 Å². The van der Waals surface area contributed by atoms with Crippen LogP contribution in [0.1, 0.15) is 6.23 Å². The molecule has 1 saturated heterocycles. The monoisotopic (exact) mass is 348 g/mol. The molecule has 20 heavy (non-hydrogen) atoms. The number of aromatic nitrogens is 2. The topological polar surface area (TPSA) is 125 Å². The predicted molar refractivity (Wildman–Crippen MR) is 71.3 cm³/mol. The summed E-state index contributed by atoms with van der Waals surface area (Å²) >= 11 is 2.96. The van der Waals surface area contributed by atoms with Gasteiger partial charge in [0.25, 0.3) is 5.56 Å². The fraction of sp³-hybridized carbons (Fsp3) is 0.455. The molecule has 1 aromatic heterocycles. The molecule has 1 aliphatic rings. The molecule has 1 aromatic rings. The molecule has 9 heteroatoms. The van der Waals surface area contributed by atoms with E-state index in [0.717, 1.165) is 6.07 Å². The number of halogens is 1. The second-order valence-corrected chi connectivity index (χ2v) is 4.80. The first kappa shape index (κ1) is 15.1. The molecule has 110 valence electrons. The van der Waals surface area contributed by atoms with Crippen molar-refractivity contribution < 1.29 is 20.1 Å². The standard InChI is InChI=1S/C11H13BrN2O6/c12-3-1-5(15)9-7(17)8(18)10(20-9)14-6(16)2-4-13-11(14)19/h1-5,7-10,15,17-18H,(H,13,19)/b3-1+/t5?,7-,8-,9+,10?/m0/s1. The molecule has 0 radical (unpaired) electrons. The molecule has 2 unspecified atom stereocenters. The zero-order valence-corrected chi connectivity index (χ0v) is 11.7. The molecule has 5 atom stereocenters. The van der Waals surface area contributed by atoms with Gasteiger partial charge in [-0.15, -0.1) is 0 Å². The van der Waals surface area contributed by atoms with E-state index in [2.05, 4.69) is 20.9 Å². The zero-order valence-electron chi connectivity index (χ0n) is 10.1. The Bertz CT molecular complexity index is 583. The minimum Gasteiger partial charge on any atom is -0.387 e. The molecule has 2 rings (SSSR count). The molecule has 0 bridgehead atoms. The van der Waals surface area contributed by atoms with E-state index >= 15 is 0 Å². The second kappa shape index (κ2) is 6.02. The maximum atomic E-state index is 11.7. The van der Waals surface area contributed by atoms with Crippen LogP contribution in [-0.2, 0) is 4.74 Å². The molecule has 4 N–H and O–H groups in total. The molecule has 2 heterocycles. The molecule has 0 aliphatic carbocycles. The fourth-order valence-corrected chi connectivity index (χ4v) is 2.35. The molecular formula is C11H13BrN2O6. The van der Waals surface area contributed by atoms with Gasteiger partial charge < -0.3 is 25.0 Å². The van der Waals surface area contributed by atoms with Crippen LogP contribution in [0.25, 0.3) is 0 Å². The third-order valence-corrected chi connectivity index (χ3v) is 3.33. The van der Waals surface area contributed by atoms with Crippen LogP contribution < -0.4 is 11.2 Å². The Morgan fingerprint density at radius 1 is 1.40 bits per heavy atom. The largest absolute Gasteiger partial charge is 0.387 e. The van der Waals surface area contributed by atoms with Gasteiger partial charge in [0.05, 0.1) is 0 Å². The first-order chi connectivity index (χ1) is 9.47. The average Bonchev–Trinajstić information content (AvgIpc) is 2.68. The lowest BCUT2D eigenvalue weighted by Crippen LogP contribution is -2.42. The van der Waals surface area contributed by atoms with Crippen molar-refractivity contribution in [1.82, 2.24) is 9.55 Å². The average molecular weight is 349 g/mol. The van der Waals surface area contributed by atoms with Crippen molar-refractivity contribution in [3.8, 4) is 0 Å². The van der Waals surface area contributed by atoms with E-state index in [1.54, 1.807) is 0 Å². The van der Waals surface area contributed by atoms with Crippen molar-refractivity contribution in [2.24, 2.45) is 0 Å². The van der Waals surface area contributed by atoms with Gasteiger partial charge in [0.2, 0.25) is 0 Å². The Balaban J connectivity index is 2.36. The molecule has 0 aromatic carbocycles. The molecule has 0 amide bonds. The van der Waals surface area contributed by atoms with Crippen LogP contribution >= 0.6 is 15.9 Å². The number of hydrogen-bond donors (Lipinski definition) is 4. The lowest BCUT2D eigenvalue weighted by molar-refractivity contribution is -0.0738. The summed E-state index contributed by atoms with van der Waals surface area (Å²) in [6, 6.07) is 1.09. The number of ether oxygens (including phenoxy) is 1. The highest BCUT2D eigenvalue weighted by atomic mass is 79.9. The van der Waals surface area contributed by atoms with Crippen molar-refractivity contribution in [2.75, 3.05) is 0 Å². The van der Waals surface area contributed by atoms with E-state index < -0.39 is 41.9 Å². The summed E-state index contributed by atoms with van der Waals surface area (Å²) in [6.45, 7) is 0. The molecule has 1 fully saturated rings. The minimum absolute atomic E-state index is 0.651. The van der Waals surface area contributed by atoms with E-state index in [0.29, 0.717) is 4.57 Å². The SMILES string of the molecule is O=c1cc[nH]c(=O)n1C1O[C@H](C(O)/C=C/Br)[C@@H](O)[C@@H]1O. The van der Waals surface area contributed by atoms with Crippen LogP contribution in [0.2, 0.25) is 0 Å². The lowest BCUT2D eigenvalue weighted by Gasteiger charge is -2.17. The van der Waals surface area contributed by atoms with Crippen molar-refractivity contribution in [3.63, 3.8) is 0 Å². The Morgan fingerprint density at radius 2 is 2.10 bits per heavy atom. The van der Waals surface area contributed by atoms with Gasteiger partial charge in [-0.2, -0.15) is 0 Å². The number of H-pyrrole nitrogens is 1. The third kappa shape index (κ3) is 2.63. The zero-order chi connectivity index (χ0) is 14.9. The van der Waals surface area contributed by atoms with Gasteiger partial charge in [0, 0.05) is 12.3 Å². The summed E-state index contributed by atoms with van der Waals surface area (Å²) in [6.07, 6.45) is -4.23. The summed E-state index contributed by atoms with van der Waals surface area (Å²) in [5, 5.41) is 29.5.